The van der Waals surface area contributed by atoms with Crippen molar-refractivity contribution in [3.8, 4) is 28.5 Å². The van der Waals surface area contributed by atoms with Gasteiger partial charge in [0.05, 0.1) is 27.0 Å². The molecule has 0 aliphatic carbocycles. The molecule has 1 amide bonds. The number of hydrogen-bond donors (Lipinski definition) is 1. The van der Waals surface area contributed by atoms with E-state index in [-0.39, 0.29) is 18.1 Å². The normalized spacial score (nSPS) is 10.5. The lowest BCUT2D eigenvalue weighted by molar-refractivity contribution is -0.116. The van der Waals surface area contributed by atoms with Gasteiger partial charge in [-0.3, -0.25) is 4.79 Å². The summed E-state index contributed by atoms with van der Waals surface area (Å²) in [5.41, 5.74) is 2.31. The van der Waals surface area contributed by atoms with Gasteiger partial charge < -0.3 is 19.5 Å². The summed E-state index contributed by atoms with van der Waals surface area (Å²) < 4.78 is 29.2. The van der Waals surface area contributed by atoms with Gasteiger partial charge in [0.2, 0.25) is 5.91 Å². The number of anilines is 1. The minimum absolute atomic E-state index is 0.184. The maximum absolute atomic E-state index is 13.7. The van der Waals surface area contributed by atoms with E-state index in [0.29, 0.717) is 23.1 Å². The van der Waals surface area contributed by atoms with Crippen molar-refractivity contribution in [2.75, 3.05) is 26.6 Å². The maximum Gasteiger partial charge on any atom is 0.226 e. The molecule has 29 heavy (non-hydrogen) atoms. The Labute approximate surface area is 172 Å². The largest absolute Gasteiger partial charge is 0.494 e. The summed E-state index contributed by atoms with van der Waals surface area (Å²) in [7, 11) is 4.56. The first-order chi connectivity index (χ1) is 14.0. The van der Waals surface area contributed by atoms with Crippen LogP contribution in [0.3, 0.4) is 0 Å². The Kier molecular flexibility index (Phi) is 6.66. The lowest BCUT2D eigenvalue weighted by Crippen LogP contribution is -2.12. The van der Waals surface area contributed by atoms with Crippen molar-refractivity contribution in [2.45, 2.75) is 12.8 Å². The van der Waals surface area contributed by atoms with Gasteiger partial charge in [-0.05, 0) is 42.3 Å². The quantitative estimate of drug-likeness (QED) is 0.584. The molecular formula is C21H21FN2O4S. The van der Waals surface area contributed by atoms with Gasteiger partial charge in [-0.25, -0.2) is 9.37 Å². The molecule has 0 aliphatic rings. The molecule has 0 atom stereocenters. The molecule has 0 saturated heterocycles. The van der Waals surface area contributed by atoms with Crippen LogP contribution in [0.25, 0.3) is 11.3 Å². The van der Waals surface area contributed by atoms with E-state index in [1.165, 1.54) is 24.5 Å². The Morgan fingerprint density at radius 3 is 2.45 bits per heavy atom. The average Bonchev–Trinajstić information content (AvgIpc) is 3.20. The van der Waals surface area contributed by atoms with Crippen molar-refractivity contribution >= 4 is 22.4 Å². The van der Waals surface area contributed by atoms with Gasteiger partial charge in [0.25, 0.3) is 0 Å². The molecule has 0 radical (unpaired) electrons. The van der Waals surface area contributed by atoms with E-state index in [1.54, 1.807) is 32.4 Å². The molecule has 0 aliphatic heterocycles. The lowest BCUT2D eigenvalue weighted by Gasteiger charge is -2.08. The maximum atomic E-state index is 13.7. The van der Waals surface area contributed by atoms with Crippen LogP contribution in [-0.2, 0) is 11.2 Å². The first-order valence-corrected chi connectivity index (χ1v) is 9.72. The van der Waals surface area contributed by atoms with E-state index in [2.05, 4.69) is 10.3 Å². The number of benzene rings is 2. The third-order valence-electron chi connectivity index (χ3n) is 4.29. The summed E-state index contributed by atoms with van der Waals surface area (Å²) in [4.78, 5) is 16.7. The number of aryl methyl sites for hydroxylation is 1. The average molecular weight is 416 g/mol. The van der Waals surface area contributed by atoms with Crippen LogP contribution < -0.4 is 19.5 Å². The van der Waals surface area contributed by atoms with Crippen LogP contribution >= 0.6 is 11.3 Å². The molecule has 0 spiro atoms. The van der Waals surface area contributed by atoms with Crippen LogP contribution in [0.2, 0.25) is 0 Å². The Balaban J connectivity index is 1.61. The lowest BCUT2D eigenvalue weighted by atomic mass is 10.1. The fourth-order valence-electron chi connectivity index (χ4n) is 2.76. The van der Waals surface area contributed by atoms with Crippen LogP contribution in [0.4, 0.5) is 9.52 Å². The molecular weight excluding hydrogens is 395 g/mol. The molecule has 3 rings (SSSR count). The highest BCUT2D eigenvalue weighted by Crippen LogP contribution is 2.33. The van der Waals surface area contributed by atoms with Crippen LogP contribution in [0.15, 0.2) is 41.8 Å². The number of carbonyl (C=O) groups excluding carboxylic acids is 1. The van der Waals surface area contributed by atoms with Gasteiger partial charge in [-0.15, -0.1) is 11.3 Å². The molecule has 0 fully saturated rings. The van der Waals surface area contributed by atoms with E-state index < -0.39 is 5.82 Å². The van der Waals surface area contributed by atoms with E-state index in [4.69, 9.17) is 14.2 Å². The Morgan fingerprint density at radius 1 is 1.03 bits per heavy atom. The smallest absolute Gasteiger partial charge is 0.226 e. The molecule has 6 nitrogen and oxygen atoms in total. The van der Waals surface area contributed by atoms with E-state index >= 15 is 0 Å². The second kappa shape index (κ2) is 9.38. The van der Waals surface area contributed by atoms with Gasteiger partial charge in [0.1, 0.15) is 0 Å². The van der Waals surface area contributed by atoms with Crippen molar-refractivity contribution < 1.29 is 23.4 Å². The van der Waals surface area contributed by atoms with Crippen molar-refractivity contribution in [3.63, 3.8) is 0 Å². The topological polar surface area (TPSA) is 69.7 Å². The van der Waals surface area contributed by atoms with Crippen molar-refractivity contribution in [1.82, 2.24) is 4.98 Å². The molecule has 1 heterocycles. The fourth-order valence-corrected chi connectivity index (χ4v) is 3.50. The number of nitrogens with zero attached hydrogens (tertiary/aromatic N) is 1. The van der Waals surface area contributed by atoms with Gasteiger partial charge in [-0.1, -0.05) is 6.07 Å². The zero-order valence-corrected chi connectivity index (χ0v) is 17.1. The summed E-state index contributed by atoms with van der Waals surface area (Å²) >= 11 is 1.33. The first kappa shape index (κ1) is 20.6. The predicted octanol–water partition coefficient (Wildman–Crippen LogP) is 4.55. The highest BCUT2D eigenvalue weighted by Gasteiger charge is 2.12. The Hall–Kier alpha value is -3.13. The Morgan fingerprint density at radius 2 is 1.76 bits per heavy atom. The molecule has 0 saturated carbocycles. The third kappa shape index (κ3) is 5.03. The van der Waals surface area contributed by atoms with E-state index in [9.17, 15) is 9.18 Å². The molecule has 2 aromatic carbocycles. The highest BCUT2D eigenvalue weighted by atomic mass is 32.1. The molecule has 1 aromatic heterocycles. The number of thiazole rings is 1. The number of hydrogen-bond acceptors (Lipinski definition) is 6. The number of amides is 1. The minimum Gasteiger partial charge on any atom is -0.494 e. The number of rotatable bonds is 8. The molecule has 8 heteroatoms. The predicted molar refractivity (Wildman–Crippen MR) is 111 cm³/mol. The molecule has 152 valence electrons. The van der Waals surface area contributed by atoms with Crippen molar-refractivity contribution in [3.05, 3.63) is 53.2 Å². The second-order valence-electron chi connectivity index (χ2n) is 6.12. The SMILES string of the molecule is COc1ccc(CCC(=O)Nc2nc(-c3ccc(OC)c(OC)c3)cs2)cc1F. The van der Waals surface area contributed by atoms with Crippen LogP contribution in [0, 0.1) is 5.82 Å². The Bertz CT molecular complexity index is 1010. The molecule has 0 unspecified atom stereocenters. The monoisotopic (exact) mass is 416 g/mol. The minimum atomic E-state index is -0.440. The number of ether oxygens (including phenoxy) is 3. The molecule has 3 aromatic rings. The molecule has 0 bridgehead atoms. The highest BCUT2D eigenvalue weighted by molar-refractivity contribution is 7.14. The summed E-state index contributed by atoms with van der Waals surface area (Å²) in [6.45, 7) is 0. The van der Waals surface area contributed by atoms with E-state index in [1.807, 2.05) is 17.5 Å². The number of carbonyl (C=O) groups is 1. The summed E-state index contributed by atoms with van der Waals surface area (Å²) in [6, 6.07) is 10.2. The van der Waals surface area contributed by atoms with Gasteiger partial charge >= 0.3 is 0 Å². The summed E-state index contributed by atoms with van der Waals surface area (Å²) in [6.07, 6.45) is 0.637. The van der Waals surface area contributed by atoms with Gasteiger partial charge in [0.15, 0.2) is 28.2 Å². The van der Waals surface area contributed by atoms with Crippen LogP contribution in [0.5, 0.6) is 17.2 Å². The van der Waals surface area contributed by atoms with E-state index in [0.717, 1.165) is 16.8 Å². The van der Waals surface area contributed by atoms with Gasteiger partial charge in [0, 0.05) is 17.4 Å². The first-order valence-electron chi connectivity index (χ1n) is 8.84. The third-order valence-corrected chi connectivity index (χ3v) is 5.04. The number of methoxy groups -OCH3 is 3. The number of aromatic nitrogens is 1. The van der Waals surface area contributed by atoms with Gasteiger partial charge in [-0.2, -0.15) is 0 Å². The van der Waals surface area contributed by atoms with Crippen LogP contribution in [0.1, 0.15) is 12.0 Å². The fraction of sp³-hybridized carbons (Fsp3) is 0.238. The number of nitrogens with one attached hydrogen (secondary N) is 1. The molecule has 1 N–H and O–H groups in total. The number of halogens is 1. The zero-order chi connectivity index (χ0) is 20.8. The second-order valence-corrected chi connectivity index (χ2v) is 6.98. The zero-order valence-electron chi connectivity index (χ0n) is 16.3. The van der Waals surface area contributed by atoms with Crippen molar-refractivity contribution in [2.24, 2.45) is 0 Å². The summed E-state index contributed by atoms with van der Waals surface area (Å²) in [5.74, 6) is 0.799. The standard InChI is InChI=1S/C21H21FN2O4S/c1-26-17-7-4-13(10-15(17)22)5-9-20(25)24-21-23-16(12-29-21)14-6-8-18(27-2)19(11-14)28-3/h4,6-8,10-12H,5,9H2,1-3H3,(H,23,24,25). The van der Waals surface area contributed by atoms with Crippen LogP contribution in [-0.4, -0.2) is 32.2 Å². The summed E-state index contributed by atoms with van der Waals surface area (Å²) in [5, 5.41) is 5.14. The van der Waals surface area contributed by atoms with Crippen molar-refractivity contribution in [1.29, 1.82) is 0 Å².